The molecule has 3 heterocycles. The Labute approximate surface area is 112 Å². The lowest BCUT2D eigenvalue weighted by atomic mass is 9.65. The molecule has 1 saturated heterocycles. The summed E-state index contributed by atoms with van der Waals surface area (Å²) in [4.78, 5) is 26.1. The first-order chi connectivity index (χ1) is 9.22. The van der Waals surface area contributed by atoms with E-state index < -0.39 is 0 Å². The van der Waals surface area contributed by atoms with Gasteiger partial charge >= 0.3 is 5.97 Å². The Hall–Kier alpha value is -1.32. The molecule has 4 rings (SSSR count). The second-order valence-electron chi connectivity index (χ2n) is 6.29. The van der Waals surface area contributed by atoms with Gasteiger partial charge in [-0.15, -0.1) is 0 Å². The molecule has 0 aromatic heterocycles. The zero-order chi connectivity index (χ0) is 13.0. The Morgan fingerprint density at radius 1 is 1.26 bits per heavy atom. The highest BCUT2D eigenvalue weighted by atomic mass is 16.5. The minimum absolute atomic E-state index is 0.109. The SMILES string of the molecule is O=C1CC2=C(CCN3C(=O)C[C@@H]4CCCC[C@@]243)CO1. The van der Waals surface area contributed by atoms with E-state index in [1.165, 1.54) is 24.0 Å². The smallest absolute Gasteiger partial charge is 0.310 e. The molecule has 0 aromatic rings. The predicted molar refractivity (Wildman–Crippen MR) is 68.2 cm³/mol. The summed E-state index contributed by atoms with van der Waals surface area (Å²) in [5, 5.41) is 0. The van der Waals surface area contributed by atoms with Crippen molar-refractivity contribution in [3.63, 3.8) is 0 Å². The van der Waals surface area contributed by atoms with E-state index in [9.17, 15) is 9.59 Å². The summed E-state index contributed by atoms with van der Waals surface area (Å²) in [5.74, 6) is 0.626. The van der Waals surface area contributed by atoms with Gasteiger partial charge in [0.1, 0.15) is 6.61 Å². The van der Waals surface area contributed by atoms with Crippen molar-refractivity contribution in [3.8, 4) is 0 Å². The van der Waals surface area contributed by atoms with Crippen molar-refractivity contribution < 1.29 is 14.3 Å². The first-order valence-electron chi connectivity index (χ1n) is 7.39. The zero-order valence-corrected chi connectivity index (χ0v) is 11.1. The molecule has 102 valence electrons. The molecule has 4 aliphatic rings. The van der Waals surface area contributed by atoms with Crippen molar-refractivity contribution >= 4 is 11.9 Å². The van der Waals surface area contributed by atoms with Crippen molar-refractivity contribution in [2.75, 3.05) is 13.2 Å². The van der Waals surface area contributed by atoms with Gasteiger partial charge in [-0.2, -0.15) is 0 Å². The monoisotopic (exact) mass is 261 g/mol. The number of rotatable bonds is 0. The molecule has 1 aliphatic carbocycles. The molecule has 3 aliphatic heterocycles. The fourth-order valence-electron chi connectivity index (χ4n) is 4.79. The van der Waals surface area contributed by atoms with Crippen LogP contribution in [0.5, 0.6) is 0 Å². The number of cyclic esters (lactones) is 1. The van der Waals surface area contributed by atoms with Gasteiger partial charge in [0.15, 0.2) is 0 Å². The number of ether oxygens (including phenoxy) is 1. The van der Waals surface area contributed by atoms with Gasteiger partial charge in [-0.1, -0.05) is 12.8 Å². The normalized spacial score (nSPS) is 37.7. The van der Waals surface area contributed by atoms with Crippen molar-refractivity contribution in [1.82, 2.24) is 4.90 Å². The minimum atomic E-state index is -0.112. The molecule has 0 unspecified atom stereocenters. The number of amides is 1. The molecule has 0 N–H and O–H groups in total. The number of esters is 1. The van der Waals surface area contributed by atoms with Crippen LogP contribution in [0, 0.1) is 5.92 Å². The van der Waals surface area contributed by atoms with Gasteiger partial charge in [-0.3, -0.25) is 9.59 Å². The molecule has 2 fully saturated rings. The first-order valence-corrected chi connectivity index (χ1v) is 7.39. The summed E-state index contributed by atoms with van der Waals surface area (Å²) < 4.78 is 5.20. The van der Waals surface area contributed by atoms with Gasteiger partial charge in [-0.05, 0) is 36.3 Å². The molecule has 0 aromatic carbocycles. The topological polar surface area (TPSA) is 46.6 Å². The molecule has 0 radical (unpaired) electrons. The van der Waals surface area contributed by atoms with Gasteiger partial charge in [0.2, 0.25) is 5.91 Å². The van der Waals surface area contributed by atoms with E-state index in [2.05, 4.69) is 4.90 Å². The van der Waals surface area contributed by atoms with Crippen LogP contribution >= 0.6 is 0 Å². The Morgan fingerprint density at radius 3 is 3.05 bits per heavy atom. The van der Waals surface area contributed by atoms with Crippen LogP contribution in [0.1, 0.15) is 44.9 Å². The Balaban J connectivity index is 1.85. The van der Waals surface area contributed by atoms with Gasteiger partial charge in [-0.25, -0.2) is 0 Å². The second kappa shape index (κ2) is 3.84. The number of hydrogen-bond acceptors (Lipinski definition) is 3. The van der Waals surface area contributed by atoms with E-state index in [0.717, 1.165) is 25.8 Å². The van der Waals surface area contributed by atoms with E-state index >= 15 is 0 Å². The van der Waals surface area contributed by atoms with Crippen LogP contribution < -0.4 is 0 Å². The average molecular weight is 261 g/mol. The standard InChI is InChI=1S/C15H19NO3/c17-13-7-11-3-1-2-5-15(11)12-8-14(18)19-9-10(12)4-6-16(13)15/h11H,1-9H2/t11-,15-/m0/s1. The maximum absolute atomic E-state index is 12.3. The molecule has 0 bridgehead atoms. The van der Waals surface area contributed by atoms with Crippen LogP contribution in [0.15, 0.2) is 11.1 Å². The first kappa shape index (κ1) is 11.5. The van der Waals surface area contributed by atoms with Crippen LogP contribution in [-0.2, 0) is 14.3 Å². The van der Waals surface area contributed by atoms with Crippen LogP contribution in [0.4, 0.5) is 0 Å². The summed E-state index contributed by atoms with van der Waals surface area (Å²) in [7, 11) is 0. The van der Waals surface area contributed by atoms with Crippen molar-refractivity contribution in [2.24, 2.45) is 5.92 Å². The van der Waals surface area contributed by atoms with Crippen LogP contribution in [-0.4, -0.2) is 35.5 Å². The fraction of sp³-hybridized carbons (Fsp3) is 0.733. The quantitative estimate of drug-likeness (QED) is 0.493. The highest BCUT2D eigenvalue weighted by Gasteiger charge is 2.58. The third-order valence-electron chi connectivity index (χ3n) is 5.55. The predicted octanol–water partition coefficient (Wildman–Crippen LogP) is 1.79. The van der Waals surface area contributed by atoms with Crippen LogP contribution in [0.25, 0.3) is 0 Å². The summed E-state index contributed by atoms with van der Waals surface area (Å²) in [6.07, 6.45) is 6.57. The lowest BCUT2D eigenvalue weighted by molar-refractivity contribution is -0.145. The Kier molecular flexibility index (Phi) is 2.32. The van der Waals surface area contributed by atoms with Crippen molar-refractivity contribution in [2.45, 2.75) is 50.5 Å². The van der Waals surface area contributed by atoms with Gasteiger partial charge in [0.05, 0.1) is 12.0 Å². The maximum Gasteiger partial charge on any atom is 0.310 e. The van der Waals surface area contributed by atoms with Gasteiger partial charge < -0.3 is 9.64 Å². The van der Waals surface area contributed by atoms with Crippen LogP contribution in [0.2, 0.25) is 0 Å². The Bertz CT molecular complexity index is 496. The highest BCUT2D eigenvalue weighted by Crippen LogP contribution is 2.54. The molecule has 1 saturated carbocycles. The largest absolute Gasteiger partial charge is 0.461 e. The molecule has 4 heteroatoms. The molecule has 1 amide bonds. The second-order valence-corrected chi connectivity index (χ2v) is 6.29. The fourth-order valence-corrected chi connectivity index (χ4v) is 4.79. The number of carbonyl (C=O) groups excluding carboxylic acids is 2. The average Bonchev–Trinajstić information content (AvgIpc) is 2.72. The van der Waals surface area contributed by atoms with E-state index in [4.69, 9.17) is 4.74 Å². The summed E-state index contributed by atoms with van der Waals surface area (Å²) in [6.45, 7) is 1.29. The maximum atomic E-state index is 12.3. The summed E-state index contributed by atoms with van der Waals surface area (Å²) >= 11 is 0. The molecular weight excluding hydrogens is 242 g/mol. The molecule has 19 heavy (non-hydrogen) atoms. The third-order valence-corrected chi connectivity index (χ3v) is 5.55. The lowest BCUT2D eigenvalue weighted by Crippen LogP contribution is -2.56. The van der Waals surface area contributed by atoms with E-state index in [-0.39, 0.29) is 11.5 Å². The highest BCUT2D eigenvalue weighted by molar-refractivity contribution is 5.84. The Morgan fingerprint density at radius 2 is 2.16 bits per heavy atom. The zero-order valence-electron chi connectivity index (χ0n) is 11.1. The summed E-state index contributed by atoms with van der Waals surface area (Å²) in [6, 6.07) is 0. The van der Waals surface area contributed by atoms with Gasteiger partial charge in [0, 0.05) is 13.0 Å². The number of nitrogens with zero attached hydrogens (tertiary/aromatic N) is 1. The van der Waals surface area contributed by atoms with E-state index in [1.54, 1.807) is 0 Å². The number of carbonyl (C=O) groups is 2. The number of hydrogen-bond donors (Lipinski definition) is 0. The van der Waals surface area contributed by atoms with Crippen molar-refractivity contribution in [1.29, 1.82) is 0 Å². The summed E-state index contributed by atoms with van der Waals surface area (Å²) in [5.41, 5.74) is 2.45. The minimum Gasteiger partial charge on any atom is -0.461 e. The molecule has 4 nitrogen and oxygen atoms in total. The third kappa shape index (κ3) is 1.40. The van der Waals surface area contributed by atoms with E-state index in [0.29, 0.717) is 31.3 Å². The molecule has 1 spiro atoms. The lowest BCUT2D eigenvalue weighted by Gasteiger charge is -2.51. The van der Waals surface area contributed by atoms with E-state index in [1.807, 2.05) is 0 Å². The molecular formula is C15H19NO3. The van der Waals surface area contributed by atoms with Gasteiger partial charge in [0.25, 0.3) is 0 Å². The van der Waals surface area contributed by atoms with Crippen molar-refractivity contribution in [3.05, 3.63) is 11.1 Å². The van der Waals surface area contributed by atoms with Crippen LogP contribution in [0.3, 0.4) is 0 Å². The molecule has 2 atom stereocenters.